The van der Waals surface area contributed by atoms with Crippen molar-refractivity contribution in [1.29, 1.82) is 0 Å². The largest absolute Gasteiger partial charge is 0.497 e. The normalized spacial score (nSPS) is 18.9. The first-order valence-electron chi connectivity index (χ1n) is 9.93. The van der Waals surface area contributed by atoms with Gasteiger partial charge in [-0.3, -0.25) is 4.79 Å². The molecule has 0 spiro atoms. The summed E-state index contributed by atoms with van der Waals surface area (Å²) in [6, 6.07) is 10.0. The van der Waals surface area contributed by atoms with Crippen molar-refractivity contribution in [2.75, 3.05) is 39.2 Å². The molecule has 0 saturated carbocycles. The van der Waals surface area contributed by atoms with E-state index in [0.717, 1.165) is 31.4 Å². The van der Waals surface area contributed by atoms with E-state index in [1.807, 2.05) is 4.68 Å². The van der Waals surface area contributed by atoms with E-state index in [2.05, 4.69) is 15.6 Å². The summed E-state index contributed by atoms with van der Waals surface area (Å²) in [5.74, 6) is 0.857. The quantitative estimate of drug-likeness (QED) is 0.638. The molecule has 9 heteroatoms. The van der Waals surface area contributed by atoms with Crippen molar-refractivity contribution in [2.24, 2.45) is 0 Å². The minimum atomic E-state index is -0.313. The van der Waals surface area contributed by atoms with Crippen LogP contribution in [0.25, 0.3) is 11.0 Å². The maximum absolute atomic E-state index is 13.4. The van der Waals surface area contributed by atoms with Crippen LogP contribution >= 0.6 is 0 Å². The highest BCUT2D eigenvalue weighted by Crippen LogP contribution is 2.28. The molecule has 30 heavy (non-hydrogen) atoms. The SMILES string of the molecule is COc1ccc(OC)c(NC(=O)C[NH+]2CCC(n3nnc4cc(F)ccc43)CC2)c1. The van der Waals surface area contributed by atoms with Gasteiger partial charge in [0, 0.05) is 25.0 Å². The van der Waals surface area contributed by atoms with Gasteiger partial charge in [0.2, 0.25) is 0 Å². The predicted octanol–water partition coefficient (Wildman–Crippen LogP) is 1.45. The number of anilines is 1. The Labute approximate surface area is 173 Å². The Kier molecular flexibility index (Phi) is 5.80. The lowest BCUT2D eigenvalue weighted by Crippen LogP contribution is -3.14. The zero-order valence-corrected chi connectivity index (χ0v) is 17.0. The number of nitrogens with one attached hydrogen (secondary N) is 2. The smallest absolute Gasteiger partial charge is 0.279 e. The number of rotatable bonds is 6. The summed E-state index contributed by atoms with van der Waals surface area (Å²) in [7, 11) is 3.15. The molecule has 3 aromatic rings. The van der Waals surface area contributed by atoms with E-state index in [1.165, 1.54) is 17.0 Å². The Morgan fingerprint density at radius 2 is 2.00 bits per heavy atom. The van der Waals surface area contributed by atoms with Crippen LogP contribution in [-0.2, 0) is 4.79 Å². The number of nitrogens with zero attached hydrogens (tertiary/aromatic N) is 3. The minimum absolute atomic E-state index is 0.0725. The summed E-state index contributed by atoms with van der Waals surface area (Å²) in [6.07, 6.45) is 1.75. The number of hydrogen-bond donors (Lipinski definition) is 2. The van der Waals surface area contributed by atoms with Crippen LogP contribution in [0, 0.1) is 5.82 Å². The highest BCUT2D eigenvalue weighted by Gasteiger charge is 2.27. The molecule has 1 aliphatic rings. The van der Waals surface area contributed by atoms with Gasteiger partial charge >= 0.3 is 0 Å². The van der Waals surface area contributed by atoms with Crippen molar-refractivity contribution in [3.05, 3.63) is 42.2 Å². The van der Waals surface area contributed by atoms with E-state index in [4.69, 9.17) is 9.47 Å². The molecule has 8 nitrogen and oxygen atoms in total. The van der Waals surface area contributed by atoms with E-state index in [1.54, 1.807) is 38.5 Å². The standard InChI is InChI=1S/C21H24FN5O3/c1-29-16-4-6-20(30-2)18(12-16)23-21(28)13-26-9-7-15(8-10-26)27-19-5-3-14(22)11-17(19)24-25-27/h3-6,11-12,15H,7-10,13H2,1-2H3,(H,23,28)/p+1. The van der Waals surface area contributed by atoms with Gasteiger partial charge in [0.15, 0.2) is 6.54 Å². The van der Waals surface area contributed by atoms with E-state index < -0.39 is 0 Å². The Morgan fingerprint density at radius 3 is 2.73 bits per heavy atom. The number of halogens is 1. The molecule has 1 aliphatic heterocycles. The molecule has 158 valence electrons. The summed E-state index contributed by atoms with van der Waals surface area (Å²) >= 11 is 0. The Balaban J connectivity index is 1.35. The molecule has 0 bridgehead atoms. The highest BCUT2D eigenvalue weighted by molar-refractivity contribution is 5.93. The molecule has 0 radical (unpaired) electrons. The number of amides is 1. The average Bonchev–Trinajstić information content (AvgIpc) is 3.17. The molecule has 1 saturated heterocycles. The third-order valence-electron chi connectivity index (χ3n) is 5.53. The predicted molar refractivity (Wildman–Crippen MR) is 109 cm³/mol. The van der Waals surface area contributed by atoms with Gasteiger partial charge in [-0.1, -0.05) is 5.21 Å². The van der Waals surface area contributed by atoms with Crippen molar-refractivity contribution < 1.29 is 23.6 Å². The van der Waals surface area contributed by atoms with Gasteiger partial charge in [0.1, 0.15) is 22.8 Å². The first-order chi connectivity index (χ1) is 14.6. The number of carbonyl (C=O) groups is 1. The Bertz CT molecular complexity index is 1050. The highest BCUT2D eigenvalue weighted by atomic mass is 19.1. The maximum atomic E-state index is 13.4. The van der Waals surface area contributed by atoms with Crippen LogP contribution in [0.15, 0.2) is 36.4 Å². The molecule has 1 aromatic heterocycles. The number of ether oxygens (including phenoxy) is 2. The fraction of sp³-hybridized carbons (Fsp3) is 0.381. The van der Waals surface area contributed by atoms with Crippen LogP contribution in [0.4, 0.5) is 10.1 Å². The molecule has 1 amide bonds. The lowest BCUT2D eigenvalue weighted by molar-refractivity contribution is -0.897. The topological polar surface area (TPSA) is 82.7 Å². The third-order valence-corrected chi connectivity index (χ3v) is 5.53. The molecule has 4 rings (SSSR count). The lowest BCUT2D eigenvalue weighted by Gasteiger charge is -2.29. The summed E-state index contributed by atoms with van der Waals surface area (Å²) in [5.41, 5.74) is 2.00. The molecule has 0 atom stereocenters. The fourth-order valence-electron chi connectivity index (χ4n) is 3.95. The molecule has 1 fully saturated rings. The molecule has 2 N–H and O–H groups in total. The van der Waals surface area contributed by atoms with Crippen LogP contribution < -0.4 is 19.7 Å². The second-order valence-electron chi connectivity index (χ2n) is 7.44. The number of fused-ring (bicyclic) bond motifs is 1. The number of carbonyl (C=O) groups excluding carboxylic acids is 1. The fourth-order valence-corrected chi connectivity index (χ4v) is 3.95. The van der Waals surface area contributed by atoms with Crippen LogP contribution in [0.5, 0.6) is 11.5 Å². The van der Waals surface area contributed by atoms with Gasteiger partial charge in [-0.15, -0.1) is 5.10 Å². The van der Waals surface area contributed by atoms with E-state index in [-0.39, 0.29) is 17.8 Å². The van der Waals surface area contributed by atoms with Gasteiger partial charge in [-0.05, 0) is 24.3 Å². The van der Waals surface area contributed by atoms with Crippen LogP contribution in [-0.4, -0.2) is 54.8 Å². The molecule has 2 aromatic carbocycles. The second kappa shape index (κ2) is 8.66. The maximum Gasteiger partial charge on any atom is 0.279 e. The van der Waals surface area contributed by atoms with Crippen LogP contribution in [0.3, 0.4) is 0 Å². The number of aromatic nitrogens is 3. The van der Waals surface area contributed by atoms with Gasteiger partial charge in [-0.25, -0.2) is 9.07 Å². The average molecular weight is 414 g/mol. The summed E-state index contributed by atoms with van der Waals surface area (Å²) in [6.45, 7) is 2.06. The number of quaternary nitrogens is 1. The van der Waals surface area contributed by atoms with Crippen molar-refractivity contribution in [1.82, 2.24) is 15.0 Å². The van der Waals surface area contributed by atoms with E-state index >= 15 is 0 Å². The summed E-state index contributed by atoms with van der Waals surface area (Å²) in [5, 5.41) is 11.2. The van der Waals surface area contributed by atoms with Gasteiger partial charge in [-0.2, -0.15) is 0 Å². The molecule has 2 heterocycles. The van der Waals surface area contributed by atoms with Gasteiger partial charge in [0.05, 0.1) is 44.6 Å². The van der Waals surface area contributed by atoms with Crippen molar-refractivity contribution >= 4 is 22.6 Å². The number of methoxy groups -OCH3 is 2. The molecular formula is C21H25FN5O3+. The van der Waals surface area contributed by atoms with Crippen LogP contribution in [0.1, 0.15) is 18.9 Å². The second-order valence-corrected chi connectivity index (χ2v) is 7.44. The number of benzene rings is 2. The zero-order chi connectivity index (χ0) is 21.1. The Hall–Kier alpha value is -3.20. The lowest BCUT2D eigenvalue weighted by atomic mass is 10.0. The minimum Gasteiger partial charge on any atom is -0.497 e. The molecule has 0 aliphatic carbocycles. The van der Waals surface area contributed by atoms with Gasteiger partial charge < -0.3 is 19.7 Å². The van der Waals surface area contributed by atoms with Crippen molar-refractivity contribution in [3.8, 4) is 11.5 Å². The number of hydrogen-bond acceptors (Lipinski definition) is 5. The molecular weight excluding hydrogens is 389 g/mol. The first kappa shape index (κ1) is 20.1. The number of likely N-dealkylation sites (tertiary alicyclic amines) is 1. The van der Waals surface area contributed by atoms with Crippen molar-refractivity contribution in [3.63, 3.8) is 0 Å². The van der Waals surface area contributed by atoms with Crippen molar-refractivity contribution in [2.45, 2.75) is 18.9 Å². The zero-order valence-electron chi connectivity index (χ0n) is 17.0. The first-order valence-corrected chi connectivity index (χ1v) is 9.93. The van der Waals surface area contributed by atoms with Crippen LogP contribution in [0.2, 0.25) is 0 Å². The summed E-state index contributed by atoms with van der Waals surface area (Å²) < 4.78 is 25.8. The third kappa shape index (κ3) is 4.20. The van der Waals surface area contributed by atoms with E-state index in [9.17, 15) is 9.18 Å². The monoisotopic (exact) mass is 414 g/mol. The van der Waals surface area contributed by atoms with Gasteiger partial charge in [0.25, 0.3) is 5.91 Å². The Morgan fingerprint density at radius 1 is 1.20 bits per heavy atom. The molecule has 0 unspecified atom stereocenters. The summed E-state index contributed by atoms with van der Waals surface area (Å²) in [4.78, 5) is 13.8. The van der Waals surface area contributed by atoms with E-state index in [0.29, 0.717) is 29.2 Å². The number of piperidine rings is 1.